The first kappa shape index (κ1) is 13.5. The maximum absolute atomic E-state index is 11.8. The molecule has 1 aliphatic carbocycles. The summed E-state index contributed by atoms with van der Waals surface area (Å²) in [6.45, 7) is 4.23. The molecule has 3 heteroatoms. The molecule has 1 fully saturated rings. The van der Waals surface area contributed by atoms with Crippen LogP contribution in [-0.4, -0.2) is 18.0 Å². The Morgan fingerprint density at radius 2 is 2.06 bits per heavy atom. The van der Waals surface area contributed by atoms with Crippen molar-refractivity contribution in [1.82, 2.24) is 5.32 Å². The predicted octanol–water partition coefficient (Wildman–Crippen LogP) is 2.20. The van der Waals surface area contributed by atoms with Gasteiger partial charge in [-0.25, -0.2) is 0 Å². The molecule has 3 N–H and O–H groups in total. The lowest BCUT2D eigenvalue weighted by Gasteiger charge is -2.22. The van der Waals surface area contributed by atoms with E-state index in [2.05, 4.69) is 19.2 Å². The minimum atomic E-state index is -0.316. The number of nitrogens with one attached hydrogen (secondary N) is 1. The number of carbonyl (C=O) groups excluding carboxylic acids is 1. The van der Waals surface area contributed by atoms with E-state index in [0.717, 1.165) is 19.3 Å². The van der Waals surface area contributed by atoms with E-state index in [1.807, 2.05) is 0 Å². The monoisotopic (exact) mass is 226 g/mol. The van der Waals surface area contributed by atoms with Crippen LogP contribution in [-0.2, 0) is 4.79 Å². The molecule has 16 heavy (non-hydrogen) atoms. The third-order valence-electron chi connectivity index (χ3n) is 3.68. The second-order valence-corrected chi connectivity index (χ2v) is 5.09. The molecule has 0 aromatic carbocycles. The predicted molar refractivity (Wildman–Crippen MR) is 67.1 cm³/mol. The van der Waals surface area contributed by atoms with Crippen LogP contribution in [0.15, 0.2) is 0 Å². The Labute approximate surface area is 99.2 Å². The fourth-order valence-electron chi connectivity index (χ4n) is 2.46. The first-order valence-electron chi connectivity index (χ1n) is 6.71. The summed E-state index contributed by atoms with van der Waals surface area (Å²) in [6, 6.07) is -0.0218. The Morgan fingerprint density at radius 1 is 1.44 bits per heavy atom. The van der Waals surface area contributed by atoms with Gasteiger partial charge in [-0.1, -0.05) is 32.6 Å². The van der Waals surface area contributed by atoms with E-state index in [-0.39, 0.29) is 11.9 Å². The van der Waals surface area contributed by atoms with Crippen molar-refractivity contribution in [1.29, 1.82) is 0 Å². The van der Waals surface area contributed by atoms with Gasteiger partial charge in [-0.3, -0.25) is 4.79 Å². The van der Waals surface area contributed by atoms with Crippen LogP contribution >= 0.6 is 0 Å². The number of amides is 1. The van der Waals surface area contributed by atoms with Crippen LogP contribution in [0.4, 0.5) is 0 Å². The van der Waals surface area contributed by atoms with Gasteiger partial charge in [0.2, 0.25) is 5.91 Å². The molecule has 94 valence electrons. The highest BCUT2D eigenvalue weighted by atomic mass is 16.2. The van der Waals surface area contributed by atoms with E-state index >= 15 is 0 Å². The van der Waals surface area contributed by atoms with Gasteiger partial charge in [0.1, 0.15) is 0 Å². The van der Waals surface area contributed by atoms with E-state index in [9.17, 15) is 4.79 Å². The number of hydrogen-bond donors (Lipinski definition) is 2. The molecular formula is C13H26N2O. The highest BCUT2D eigenvalue weighted by molar-refractivity contribution is 5.81. The van der Waals surface area contributed by atoms with E-state index in [1.54, 1.807) is 0 Å². The molecule has 0 heterocycles. The minimum absolute atomic E-state index is 0.0350. The summed E-state index contributed by atoms with van der Waals surface area (Å²) < 4.78 is 0. The molecule has 0 saturated heterocycles. The van der Waals surface area contributed by atoms with Gasteiger partial charge < -0.3 is 11.1 Å². The quantitative estimate of drug-likeness (QED) is 0.729. The normalized spacial score (nSPS) is 20.7. The van der Waals surface area contributed by atoms with Crippen LogP contribution < -0.4 is 11.1 Å². The van der Waals surface area contributed by atoms with E-state index in [1.165, 1.54) is 25.7 Å². The molecule has 2 atom stereocenters. The second-order valence-electron chi connectivity index (χ2n) is 5.09. The molecular weight excluding hydrogens is 200 g/mol. The minimum Gasteiger partial charge on any atom is -0.352 e. The number of nitrogens with two attached hydrogens (primary N) is 1. The van der Waals surface area contributed by atoms with Crippen molar-refractivity contribution in [2.45, 2.75) is 70.9 Å². The zero-order valence-corrected chi connectivity index (χ0v) is 10.7. The number of carbonyl (C=O) groups is 1. The van der Waals surface area contributed by atoms with E-state index < -0.39 is 0 Å². The summed E-state index contributed by atoms with van der Waals surface area (Å²) >= 11 is 0. The maximum atomic E-state index is 11.8. The molecule has 0 spiro atoms. The average molecular weight is 226 g/mol. The first-order valence-corrected chi connectivity index (χ1v) is 6.71. The van der Waals surface area contributed by atoms with Crippen molar-refractivity contribution < 1.29 is 4.79 Å². The van der Waals surface area contributed by atoms with Crippen LogP contribution in [0.1, 0.15) is 58.8 Å². The van der Waals surface area contributed by atoms with Crippen molar-refractivity contribution in [2.24, 2.45) is 11.7 Å². The molecule has 0 bridgehead atoms. The molecule has 2 unspecified atom stereocenters. The molecule has 0 aliphatic heterocycles. The number of unbranched alkanes of at least 4 members (excludes halogenated alkanes) is 1. The summed E-state index contributed by atoms with van der Waals surface area (Å²) in [5, 5.41) is 3.07. The van der Waals surface area contributed by atoms with Crippen LogP contribution in [0.2, 0.25) is 0 Å². The third kappa shape index (κ3) is 4.12. The fourth-order valence-corrected chi connectivity index (χ4v) is 2.46. The van der Waals surface area contributed by atoms with Gasteiger partial charge in [-0.05, 0) is 32.1 Å². The highest BCUT2D eigenvalue weighted by Crippen LogP contribution is 2.27. The topological polar surface area (TPSA) is 55.1 Å². The molecule has 1 rings (SSSR count). The van der Waals surface area contributed by atoms with Gasteiger partial charge >= 0.3 is 0 Å². The smallest absolute Gasteiger partial charge is 0.237 e. The van der Waals surface area contributed by atoms with Crippen molar-refractivity contribution in [3.05, 3.63) is 0 Å². The van der Waals surface area contributed by atoms with Crippen molar-refractivity contribution in [2.75, 3.05) is 0 Å². The van der Waals surface area contributed by atoms with Gasteiger partial charge in [0.05, 0.1) is 6.04 Å². The van der Waals surface area contributed by atoms with Gasteiger partial charge in [-0.2, -0.15) is 0 Å². The Hall–Kier alpha value is -0.570. The number of hydrogen-bond acceptors (Lipinski definition) is 2. The Balaban J connectivity index is 2.26. The third-order valence-corrected chi connectivity index (χ3v) is 3.68. The summed E-state index contributed by atoms with van der Waals surface area (Å²) in [6.07, 6.45) is 8.07. The Morgan fingerprint density at radius 3 is 2.62 bits per heavy atom. The Kier molecular flexibility index (Phi) is 5.81. The largest absolute Gasteiger partial charge is 0.352 e. The van der Waals surface area contributed by atoms with Gasteiger partial charge in [0.15, 0.2) is 0 Å². The Bertz CT molecular complexity index is 212. The zero-order valence-electron chi connectivity index (χ0n) is 10.7. The van der Waals surface area contributed by atoms with Gasteiger partial charge in [0.25, 0.3) is 0 Å². The van der Waals surface area contributed by atoms with Crippen LogP contribution in [0.3, 0.4) is 0 Å². The lowest BCUT2D eigenvalue weighted by molar-refractivity contribution is -0.123. The first-order chi connectivity index (χ1) is 7.65. The van der Waals surface area contributed by atoms with Crippen LogP contribution in [0.5, 0.6) is 0 Å². The summed E-state index contributed by atoms with van der Waals surface area (Å²) in [5.74, 6) is 0.704. The van der Waals surface area contributed by atoms with Crippen molar-refractivity contribution in [3.63, 3.8) is 0 Å². The molecule has 1 saturated carbocycles. The fraction of sp³-hybridized carbons (Fsp3) is 0.923. The molecule has 1 aliphatic rings. The standard InChI is InChI=1S/C13H26N2O/c1-3-4-9-12(14)13(16)15-10(2)11-7-5-6-8-11/h10-12H,3-9,14H2,1-2H3,(H,15,16). The highest BCUT2D eigenvalue weighted by Gasteiger charge is 2.24. The molecule has 0 aromatic rings. The van der Waals surface area contributed by atoms with Gasteiger partial charge in [-0.15, -0.1) is 0 Å². The summed E-state index contributed by atoms with van der Waals surface area (Å²) in [5.41, 5.74) is 5.84. The molecule has 0 radical (unpaired) electrons. The second kappa shape index (κ2) is 6.89. The molecule has 0 aromatic heterocycles. The van der Waals surface area contributed by atoms with E-state index in [4.69, 9.17) is 5.73 Å². The van der Waals surface area contributed by atoms with Gasteiger partial charge in [0, 0.05) is 6.04 Å². The van der Waals surface area contributed by atoms with Crippen molar-refractivity contribution >= 4 is 5.91 Å². The number of rotatable bonds is 6. The SMILES string of the molecule is CCCCC(N)C(=O)NC(C)C1CCCC1. The molecule has 1 amide bonds. The lowest BCUT2D eigenvalue weighted by Crippen LogP contribution is -2.46. The maximum Gasteiger partial charge on any atom is 0.237 e. The summed E-state index contributed by atoms with van der Waals surface area (Å²) in [4.78, 5) is 11.8. The zero-order chi connectivity index (χ0) is 12.0. The van der Waals surface area contributed by atoms with Crippen LogP contribution in [0, 0.1) is 5.92 Å². The average Bonchev–Trinajstić information content (AvgIpc) is 2.79. The lowest BCUT2D eigenvalue weighted by atomic mass is 9.99. The van der Waals surface area contributed by atoms with Crippen molar-refractivity contribution in [3.8, 4) is 0 Å². The molecule has 3 nitrogen and oxygen atoms in total. The summed E-state index contributed by atoms with van der Waals surface area (Å²) in [7, 11) is 0. The van der Waals surface area contributed by atoms with E-state index in [0.29, 0.717) is 12.0 Å². The van der Waals surface area contributed by atoms with Crippen LogP contribution in [0.25, 0.3) is 0 Å².